The van der Waals surface area contributed by atoms with Crippen LogP contribution in [0.25, 0.3) is 0 Å². The van der Waals surface area contributed by atoms with Gasteiger partial charge in [-0.2, -0.15) is 0 Å². The topological polar surface area (TPSA) is 74.8 Å². The maximum absolute atomic E-state index is 11.8. The third-order valence-corrected chi connectivity index (χ3v) is 4.38. The zero-order valence-corrected chi connectivity index (χ0v) is 20.7. The fraction of sp³-hybridized carbons (Fsp3) is 0.364. The van der Waals surface area contributed by atoms with Gasteiger partial charge in [-0.15, -0.1) is 24.0 Å². The van der Waals surface area contributed by atoms with Crippen molar-refractivity contribution in [3.05, 3.63) is 64.7 Å². The largest absolute Gasteiger partial charge is 0.489 e. The maximum atomic E-state index is 11.8. The zero-order chi connectivity index (χ0) is 21.1. The zero-order valence-electron chi connectivity index (χ0n) is 17.6. The second kappa shape index (κ2) is 14.1. The average Bonchev–Trinajstić information content (AvgIpc) is 2.73. The lowest BCUT2D eigenvalue weighted by atomic mass is 10.1. The number of hydrogen-bond donors (Lipinski definition) is 3. The first-order chi connectivity index (χ1) is 14.0. The van der Waals surface area contributed by atoms with Gasteiger partial charge in [-0.25, -0.2) is 4.99 Å². The molecule has 0 heterocycles. The number of rotatable bonds is 9. The molecule has 164 valence electrons. The Morgan fingerprint density at radius 2 is 1.90 bits per heavy atom. The van der Waals surface area contributed by atoms with Gasteiger partial charge < -0.3 is 20.7 Å². The van der Waals surface area contributed by atoms with Crippen molar-refractivity contribution in [2.24, 2.45) is 4.99 Å². The smallest absolute Gasteiger partial charge is 0.251 e. The number of guanidine groups is 1. The van der Waals surface area contributed by atoms with Crippen molar-refractivity contribution in [1.29, 1.82) is 0 Å². The molecule has 1 unspecified atom stereocenters. The van der Waals surface area contributed by atoms with E-state index in [0.717, 1.165) is 30.2 Å². The second-order valence-electron chi connectivity index (χ2n) is 6.56. The van der Waals surface area contributed by atoms with Crippen molar-refractivity contribution in [2.75, 3.05) is 26.7 Å². The highest BCUT2D eigenvalue weighted by Gasteiger charge is 2.06. The van der Waals surface area contributed by atoms with E-state index >= 15 is 0 Å². The molecule has 30 heavy (non-hydrogen) atoms. The number of nitrogens with zero attached hydrogens (tertiary/aromatic N) is 1. The van der Waals surface area contributed by atoms with Crippen molar-refractivity contribution >= 4 is 47.4 Å². The van der Waals surface area contributed by atoms with Gasteiger partial charge in [0.05, 0.1) is 6.54 Å². The van der Waals surface area contributed by atoms with Crippen molar-refractivity contribution < 1.29 is 9.53 Å². The molecule has 0 saturated heterocycles. The van der Waals surface area contributed by atoms with Gasteiger partial charge in [0.1, 0.15) is 11.9 Å². The standard InChI is InChI=1S/C22H29ClN4O2.HI/c1-4-25-22(27-15-16(2)29-20-10-8-19(23)9-11-20)26-13-12-17-6-5-7-18(14-17)21(28)24-3;/h5-11,14,16H,4,12-13,15H2,1-3H3,(H,24,28)(H2,25,26,27);1H. The number of halogens is 2. The van der Waals surface area contributed by atoms with Gasteiger partial charge >= 0.3 is 0 Å². The third kappa shape index (κ3) is 9.21. The van der Waals surface area contributed by atoms with Crippen molar-refractivity contribution in [3.8, 4) is 5.75 Å². The number of nitrogens with one attached hydrogen (secondary N) is 3. The molecule has 8 heteroatoms. The summed E-state index contributed by atoms with van der Waals surface area (Å²) in [6, 6.07) is 14.9. The van der Waals surface area contributed by atoms with Gasteiger partial charge in [0, 0.05) is 30.7 Å². The molecule has 0 spiro atoms. The Morgan fingerprint density at radius 3 is 2.57 bits per heavy atom. The van der Waals surface area contributed by atoms with E-state index in [4.69, 9.17) is 16.3 Å². The summed E-state index contributed by atoms with van der Waals surface area (Å²) in [6.45, 7) is 5.99. The van der Waals surface area contributed by atoms with E-state index in [0.29, 0.717) is 23.7 Å². The van der Waals surface area contributed by atoms with E-state index in [1.165, 1.54) is 0 Å². The Kier molecular flexibility index (Phi) is 12.2. The molecule has 0 aliphatic heterocycles. The van der Waals surface area contributed by atoms with Crippen LogP contribution in [0.3, 0.4) is 0 Å². The van der Waals surface area contributed by atoms with Crippen LogP contribution in [0.15, 0.2) is 53.5 Å². The molecular formula is C22H30ClIN4O2. The predicted molar refractivity (Wildman–Crippen MR) is 134 cm³/mol. The lowest BCUT2D eigenvalue weighted by Crippen LogP contribution is -2.39. The molecule has 1 atom stereocenters. The number of amides is 1. The van der Waals surface area contributed by atoms with Gasteiger partial charge in [0.25, 0.3) is 5.91 Å². The van der Waals surface area contributed by atoms with Crippen LogP contribution in [-0.2, 0) is 6.42 Å². The van der Waals surface area contributed by atoms with E-state index in [2.05, 4.69) is 20.9 Å². The summed E-state index contributed by atoms with van der Waals surface area (Å²) < 4.78 is 5.86. The van der Waals surface area contributed by atoms with Crippen LogP contribution >= 0.6 is 35.6 Å². The van der Waals surface area contributed by atoms with Crippen LogP contribution in [0.2, 0.25) is 5.02 Å². The molecule has 0 fully saturated rings. The number of carbonyl (C=O) groups is 1. The van der Waals surface area contributed by atoms with Gasteiger partial charge in [0.15, 0.2) is 5.96 Å². The normalized spacial score (nSPS) is 11.8. The van der Waals surface area contributed by atoms with Crippen LogP contribution in [0, 0.1) is 0 Å². The Balaban J connectivity index is 0.00000450. The molecule has 0 aromatic heterocycles. The number of hydrogen-bond acceptors (Lipinski definition) is 3. The summed E-state index contributed by atoms with van der Waals surface area (Å²) in [5.41, 5.74) is 1.76. The number of benzene rings is 2. The van der Waals surface area contributed by atoms with E-state index in [1.54, 1.807) is 19.2 Å². The van der Waals surface area contributed by atoms with E-state index in [9.17, 15) is 4.79 Å². The van der Waals surface area contributed by atoms with E-state index < -0.39 is 0 Å². The number of carbonyl (C=O) groups excluding carboxylic acids is 1. The highest BCUT2D eigenvalue weighted by Crippen LogP contribution is 2.16. The fourth-order valence-corrected chi connectivity index (χ4v) is 2.81. The Hall–Kier alpha value is -2.00. The Morgan fingerprint density at radius 1 is 1.17 bits per heavy atom. The summed E-state index contributed by atoms with van der Waals surface area (Å²) in [4.78, 5) is 16.4. The summed E-state index contributed by atoms with van der Waals surface area (Å²) in [7, 11) is 1.63. The van der Waals surface area contributed by atoms with Crippen LogP contribution in [0.1, 0.15) is 29.8 Å². The molecule has 0 bridgehead atoms. The van der Waals surface area contributed by atoms with Crippen LogP contribution < -0.4 is 20.7 Å². The quantitative estimate of drug-likeness (QED) is 0.254. The van der Waals surface area contributed by atoms with Gasteiger partial charge in [0.2, 0.25) is 0 Å². The molecular weight excluding hydrogens is 515 g/mol. The molecule has 6 nitrogen and oxygen atoms in total. The first kappa shape index (κ1) is 26.0. The molecule has 2 rings (SSSR count). The van der Waals surface area contributed by atoms with Gasteiger partial charge in [-0.1, -0.05) is 23.7 Å². The summed E-state index contributed by atoms with van der Waals surface area (Å²) in [6.07, 6.45) is 0.711. The van der Waals surface area contributed by atoms with Gasteiger partial charge in [-0.05, 0) is 62.2 Å². The SMILES string of the molecule is CCNC(=NCC(C)Oc1ccc(Cl)cc1)NCCc1cccc(C(=O)NC)c1.I. The Bertz CT molecular complexity index is 815. The fourth-order valence-electron chi connectivity index (χ4n) is 2.68. The molecule has 2 aromatic rings. The lowest BCUT2D eigenvalue weighted by Gasteiger charge is -2.15. The van der Waals surface area contributed by atoms with Gasteiger partial charge in [-0.3, -0.25) is 4.79 Å². The monoisotopic (exact) mass is 544 g/mol. The predicted octanol–water partition coefficient (Wildman–Crippen LogP) is 3.88. The van der Waals surface area contributed by atoms with E-state index in [-0.39, 0.29) is 36.0 Å². The molecule has 3 N–H and O–H groups in total. The van der Waals surface area contributed by atoms with Crippen LogP contribution in [0.5, 0.6) is 5.75 Å². The highest BCUT2D eigenvalue weighted by molar-refractivity contribution is 14.0. The molecule has 2 aromatic carbocycles. The average molecular weight is 545 g/mol. The first-order valence-electron chi connectivity index (χ1n) is 9.77. The highest BCUT2D eigenvalue weighted by atomic mass is 127. The van der Waals surface area contributed by atoms with Crippen molar-refractivity contribution in [1.82, 2.24) is 16.0 Å². The minimum atomic E-state index is -0.0793. The summed E-state index contributed by atoms with van der Waals surface area (Å²) in [5, 5.41) is 9.89. The summed E-state index contributed by atoms with van der Waals surface area (Å²) in [5.74, 6) is 1.43. The van der Waals surface area contributed by atoms with Crippen LogP contribution in [0.4, 0.5) is 0 Å². The Labute approximate surface area is 200 Å². The van der Waals surface area contributed by atoms with E-state index in [1.807, 2.05) is 50.2 Å². The number of aliphatic imine (C=N–C) groups is 1. The van der Waals surface area contributed by atoms with Crippen molar-refractivity contribution in [2.45, 2.75) is 26.4 Å². The second-order valence-corrected chi connectivity index (χ2v) is 6.99. The maximum Gasteiger partial charge on any atom is 0.251 e. The lowest BCUT2D eigenvalue weighted by molar-refractivity contribution is 0.0963. The molecule has 0 aliphatic carbocycles. The van der Waals surface area contributed by atoms with Crippen LogP contribution in [-0.4, -0.2) is 44.7 Å². The molecule has 0 radical (unpaired) electrons. The first-order valence-corrected chi connectivity index (χ1v) is 10.1. The minimum absolute atomic E-state index is 0. The third-order valence-electron chi connectivity index (χ3n) is 4.12. The summed E-state index contributed by atoms with van der Waals surface area (Å²) >= 11 is 5.90. The van der Waals surface area contributed by atoms with Crippen molar-refractivity contribution in [3.63, 3.8) is 0 Å². The molecule has 0 aliphatic rings. The molecule has 1 amide bonds. The number of ether oxygens (including phenoxy) is 1. The molecule has 0 saturated carbocycles. The minimum Gasteiger partial charge on any atom is -0.489 e.